The van der Waals surface area contributed by atoms with E-state index in [1.54, 1.807) is 13.0 Å². The fourth-order valence-corrected chi connectivity index (χ4v) is 4.29. The third-order valence-electron chi connectivity index (χ3n) is 5.52. The number of benzene rings is 2. The molecule has 0 spiro atoms. The molecule has 0 aliphatic carbocycles. The first-order chi connectivity index (χ1) is 16.6. The Morgan fingerprint density at radius 2 is 1.91 bits per heavy atom. The smallest absolute Gasteiger partial charge is 0.380 e. The van der Waals surface area contributed by atoms with Crippen LogP contribution in [0.1, 0.15) is 19.0 Å². The summed E-state index contributed by atoms with van der Waals surface area (Å²) in [7, 11) is -3.57. The van der Waals surface area contributed by atoms with Crippen LogP contribution in [0.15, 0.2) is 48.5 Å². The highest BCUT2D eigenvalue weighted by Gasteiger charge is 2.23. The highest BCUT2D eigenvalue weighted by atomic mass is 32.2. The average molecular weight is 506 g/mol. The molecule has 4 rings (SSSR count). The van der Waals surface area contributed by atoms with E-state index in [0.29, 0.717) is 34.2 Å². The van der Waals surface area contributed by atoms with Gasteiger partial charge in [0.05, 0.1) is 11.8 Å². The number of aromatic nitrogens is 1. The van der Waals surface area contributed by atoms with Crippen molar-refractivity contribution in [3.05, 3.63) is 71.1 Å². The predicted octanol–water partition coefficient (Wildman–Crippen LogP) is 3.87. The van der Waals surface area contributed by atoms with E-state index in [-0.39, 0.29) is 34.9 Å². The number of aryl methyl sites for hydroxylation is 1. The maximum atomic E-state index is 14.3. The van der Waals surface area contributed by atoms with Crippen LogP contribution >= 0.6 is 0 Å². The van der Waals surface area contributed by atoms with Gasteiger partial charge in [-0.1, -0.05) is 0 Å². The molecule has 1 fully saturated rings. The second kappa shape index (κ2) is 10.0. The maximum absolute atomic E-state index is 14.3. The van der Waals surface area contributed by atoms with E-state index in [2.05, 4.69) is 10.0 Å². The van der Waals surface area contributed by atoms with Gasteiger partial charge in [0, 0.05) is 42.4 Å². The monoisotopic (exact) mass is 505 g/mol. The zero-order valence-electron chi connectivity index (χ0n) is 19.2. The molecule has 3 aromatic rings. The van der Waals surface area contributed by atoms with Gasteiger partial charge < -0.3 is 20.0 Å². The van der Waals surface area contributed by atoms with Crippen LogP contribution in [0, 0.1) is 23.8 Å². The zero-order valence-corrected chi connectivity index (χ0v) is 20.0. The van der Waals surface area contributed by atoms with E-state index >= 15 is 0 Å². The lowest BCUT2D eigenvalue weighted by molar-refractivity contribution is -0.620. The highest BCUT2D eigenvalue weighted by molar-refractivity contribution is 7.92. The molecule has 1 atom stereocenters. The Morgan fingerprint density at radius 1 is 1.14 bits per heavy atom. The number of hydrogen-bond acceptors (Lipinski definition) is 6. The third-order valence-corrected chi connectivity index (χ3v) is 6.83. The number of nitrogens with one attached hydrogen (secondary N) is 2. The molecule has 8 nitrogen and oxygen atoms in total. The number of ether oxygens (including phenoxy) is 2. The molecule has 0 radical (unpaired) electrons. The molecule has 1 aliphatic rings. The van der Waals surface area contributed by atoms with Gasteiger partial charge >= 0.3 is 5.88 Å². The first-order valence-corrected chi connectivity index (χ1v) is 12.7. The molecule has 186 valence electrons. The molecule has 0 unspecified atom stereocenters. The van der Waals surface area contributed by atoms with Crippen LogP contribution in [-0.2, 0) is 10.0 Å². The first kappa shape index (κ1) is 24.7. The maximum Gasteiger partial charge on any atom is 0.380 e. The van der Waals surface area contributed by atoms with Gasteiger partial charge in [-0.2, -0.15) is 0 Å². The van der Waals surface area contributed by atoms with Crippen LogP contribution in [0.4, 0.5) is 14.5 Å². The van der Waals surface area contributed by atoms with Gasteiger partial charge in [0.15, 0.2) is 17.3 Å². The minimum atomic E-state index is -3.57. The van der Waals surface area contributed by atoms with Gasteiger partial charge in [0.25, 0.3) is 0 Å². The predicted molar refractivity (Wildman–Crippen MR) is 127 cm³/mol. The number of anilines is 1. The summed E-state index contributed by atoms with van der Waals surface area (Å²) in [6, 6.07) is 10.5. The Bertz CT molecular complexity index is 1350. The van der Waals surface area contributed by atoms with Crippen LogP contribution in [0.2, 0.25) is 0 Å². The van der Waals surface area contributed by atoms with Gasteiger partial charge in [-0.15, -0.1) is 4.73 Å². The van der Waals surface area contributed by atoms with Crippen LogP contribution in [-0.4, -0.2) is 33.4 Å². The Morgan fingerprint density at radius 3 is 2.60 bits per heavy atom. The average Bonchev–Trinajstić information content (AvgIpc) is 3.32. The summed E-state index contributed by atoms with van der Waals surface area (Å²) in [6.07, 6.45) is 0.576. The number of rotatable bonds is 8. The Kier molecular flexibility index (Phi) is 7.08. The van der Waals surface area contributed by atoms with E-state index < -0.39 is 21.7 Å². The van der Waals surface area contributed by atoms with Crippen molar-refractivity contribution in [3.8, 4) is 28.5 Å². The van der Waals surface area contributed by atoms with Crippen molar-refractivity contribution in [3.63, 3.8) is 0 Å². The molecular formula is C24H25F2N3O5S. The van der Waals surface area contributed by atoms with Crippen LogP contribution < -0.4 is 24.2 Å². The summed E-state index contributed by atoms with van der Waals surface area (Å²) < 4.78 is 66.7. The molecule has 1 saturated heterocycles. The largest absolute Gasteiger partial charge is 0.616 e. The van der Waals surface area contributed by atoms with Crippen molar-refractivity contribution in [1.29, 1.82) is 0 Å². The molecule has 0 saturated carbocycles. The highest BCUT2D eigenvalue weighted by Crippen LogP contribution is 2.38. The van der Waals surface area contributed by atoms with Crippen molar-refractivity contribution < 1.29 is 31.4 Å². The first-order valence-electron chi connectivity index (χ1n) is 11.0. The summed E-state index contributed by atoms with van der Waals surface area (Å²) in [5, 5.41) is 15.8. The minimum absolute atomic E-state index is 0.0761. The van der Waals surface area contributed by atoms with Crippen molar-refractivity contribution in [1.82, 2.24) is 5.32 Å². The summed E-state index contributed by atoms with van der Waals surface area (Å²) in [4.78, 5) is 0. The summed E-state index contributed by atoms with van der Waals surface area (Å²) in [5.74, 6) is -1.74. The van der Waals surface area contributed by atoms with Gasteiger partial charge in [0.1, 0.15) is 17.7 Å². The van der Waals surface area contributed by atoms with Crippen LogP contribution in [0.5, 0.6) is 17.4 Å². The molecule has 0 bridgehead atoms. The quantitative estimate of drug-likeness (QED) is 0.356. The fourth-order valence-electron chi connectivity index (χ4n) is 3.66. The second-order valence-electron chi connectivity index (χ2n) is 8.14. The van der Waals surface area contributed by atoms with Crippen molar-refractivity contribution >= 4 is 15.7 Å². The lowest BCUT2D eigenvalue weighted by atomic mass is 10.0. The molecule has 0 amide bonds. The van der Waals surface area contributed by atoms with Crippen LogP contribution in [0.25, 0.3) is 11.1 Å². The lowest BCUT2D eigenvalue weighted by Crippen LogP contribution is -2.35. The summed E-state index contributed by atoms with van der Waals surface area (Å²) in [6.45, 7) is 4.51. The topological polar surface area (TPSA) is 104 Å². The van der Waals surface area contributed by atoms with Crippen molar-refractivity contribution in [2.75, 3.05) is 23.6 Å². The van der Waals surface area contributed by atoms with Crippen molar-refractivity contribution in [2.45, 2.75) is 26.4 Å². The molecule has 1 aromatic heterocycles. The number of hydrogen-bond donors (Lipinski definition) is 2. The normalized spacial score (nSPS) is 15.7. The van der Waals surface area contributed by atoms with E-state index in [0.717, 1.165) is 25.1 Å². The molecule has 2 aromatic carbocycles. The fraction of sp³-hybridized carbons (Fsp3) is 0.292. The van der Waals surface area contributed by atoms with E-state index in [4.69, 9.17) is 9.47 Å². The summed E-state index contributed by atoms with van der Waals surface area (Å²) >= 11 is 0. The van der Waals surface area contributed by atoms with E-state index in [1.807, 2.05) is 0 Å². The lowest BCUT2D eigenvalue weighted by Gasteiger charge is -2.17. The molecule has 35 heavy (non-hydrogen) atoms. The standard InChI is InChI=1S/C24H25F2N3O5S/c1-3-35(31,32)28-18-5-7-22(34-23-6-4-17(25)12-21(23)26)20(13-18)16-10-15(2)29(30)24(11-16)33-19-8-9-27-14-19/h4-7,10-13,19,27-28H,3,8-9,14H2,1-2H3/t19-/m1/s1. The second-order valence-corrected chi connectivity index (χ2v) is 10.2. The van der Waals surface area contributed by atoms with Gasteiger partial charge in [-0.05, 0) is 50.2 Å². The number of nitrogens with zero attached hydrogens (tertiary/aromatic N) is 1. The molecule has 2 N–H and O–H groups in total. The molecular weight excluding hydrogens is 480 g/mol. The SMILES string of the molecule is CCS(=O)(=O)Nc1ccc(Oc2ccc(F)cc2F)c(-c2cc(C)[n+]([O-])c(O[C@@H]3CCNC3)c2)c1. The van der Waals surface area contributed by atoms with Gasteiger partial charge in [-0.3, -0.25) is 4.72 Å². The minimum Gasteiger partial charge on any atom is -0.616 e. The van der Waals surface area contributed by atoms with Gasteiger partial charge in [-0.25, -0.2) is 17.2 Å². The van der Waals surface area contributed by atoms with Crippen LogP contribution in [0.3, 0.4) is 0 Å². The number of pyridine rings is 1. The third kappa shape index (κ3) is 5.80. The summed E-state index contributed by atoms with van der Waals surface area (Å²) in [5.41, 5.74) is 1.46. The Labute approximate surface area is 202 Å². The number of halogens is 2. The number of sulfonamides is 1. The zero-order chi connectivity index (χ0) is 25.2. The van der Waals surface area contributed by atoms with Gasteiger partial charge in [0.2, 0.25) is 10.0 Å². The molecule has 11 heteroatoms. The Balaban J connectivity index is 1.80. The van der Waals surface area contributed by atoms with Crippen molar-refractivity contribution in [2.24, 2.45) is 0 Å². The van der Waals surface area contributed by atoms with E-state index in [1.165, 1.54) is 31.2 Å². The molecule has 1 aliphatic heterocycles. The van der Waals surface area contributed by atoms with E-state index in [9.17, 15) is 22.4 Å². The molecule has 2 heterocycles. The Hall–Kier alpha value is -3.44.